The van der Waals surface area contributed by atoms with Gasteiger partial charge in [0.1, 0.15) is 0 Å². The number of hydrogen-bond donors (Lipinski definition) is 1. The molecule has 0 bridgehead atoms. The largest absolute Gasteiger partial charge is 0.392 e. The third-order valence-electron chi connectivity index (χ3n) is 2.53. The van der Waals surface area contributed by atoms with Crippen LogP contribution in [-0.2, 0) is 16.6 Å². The second kappa shape index (κ2) is 4.95. The van der Waals surface area contributed by atoms with Gasteiger partial charge in [-0.25, -0.2) is 8.42 Å². The molecular formula is C11H17NO3S. The highest BCUT2D eigenvalue weighted by Crippen LogP contribution is 2.20. The lowest BCUT2D eigenvalue weighted by atomic mass is 10.2. The summed E-state index contributed by atoms with van der Waals surface area (Å²) in [7, 11) is -1.97. The maximum atomic E-state index is 12.2. The summed E-state index contributed by atoms with van der Waals surface area (Å²) in [4.78, 5) is 0.175. The van der Waals surface area contributed by atoms with E-state index in [2.05, 4.69) is 0 Å². The molecule has 0 aliphatic heterocycles. The van der Waals surface area contributed by atoms with Crippen molar-refractivity contribution in [2.75, 3.05) is 7.05 Å². The molecule has 1 aromatic carbocycles. The molecule has 90 valence electrons. The third-order valence-corrected chi connectivity index (χ3v) is 4.66. The molecule has 5 heteroatoms. The molecule has 0 atom stereocenters. The van der Waals surface area contributed by atoms with Crippen LogP contribution in [0.2, 0.25) is 0 Å². The molecule has 0 spiro atoms. The Hall–Kier alpha value is -0.910. The van der Waals surface area contributed by atoms with Crippen LogP contribution in [0.4, 0.5) is 0 Å². The van der Waals surface area contributed by atoms with Gasteiger partial charge in [-0.1, -0.05) is 18.2 Å². The van der Waals surface area contributed by atoms with Gasteiger partial charge in [0, 0.05) is 13.1 Å². The Morgan fingerprint density at radius 3 is 2.38 bits per heavy atom. The molecule has 0 amide bonds. The van der Waals surface area contributed by atoms with E-state index < -0.39 is 10.0 Å². The molecule has 1 rings (SSSR count). The average Bonchev–Trinajstić information content (AvgIpc) is 2.27. The summed E-state index contributed by atoms with van der Waals surface area (Å²) >= 11 is 0. The topological polar surface area (TPSA) is 57.6 Å². The van der Waals surface area contributed by atoms with Gasteiger partial charge >= 0.3 is 0 Å². The molecule has 0 saturated heterocycles. The first-order chi connectivity index (χ1) is 7.41. The van der Waals surface area contributed by atoms with Crippen LogP contribution in [0.1, 0.15) is 19.4 Å². The minimum atomic E-state index is -3.51. The van der Waals surface area contributed by atoms with Gasteiger partial charge in [-0.3, -0.25) is 0 Å². The van der Waals surface area contributed by atoms with E-state index in [9.17, 15) is 8.42 Å². The first-order valence-electron chi connectivity index (χ1n) is 5.08. The van der Waals surface area contributed by atoms with E-state index in [1.54, 1.807) is 32.0 Å². The van der Waals surface area contributed by atoms with E-state index in [1.165, 1.54) is 17.4 Å². The number of aliphatic hydroxyl groups is 1. The van der Waals surface area contributed by atoms with E-state index in [4.69, 9.17) is 5.11 Å². The van der Waals surface area contributed by atoms with Gasteiger partial charge in [-0.05, 0) is 25.5 Å². The Morgan fingerprint density at radius 1 is 1.31 bits per heavy atom. The van der Waals surface area contributed by atoms with Gasteiger partial charge in [0.2, 0.25) is 10.0 Å². The summed E-state index contributed by atoms with van der Waals surface area (Å²) in [5.41, 5.74) is 0.426. The van der Waals surface area contributed by atoms with E-state index in [-0.39, 0.29) is 17.5 Å². The second-order valence-corrected chi connectivity index (χ2v) is 5.85. The molecular weight excluding hydrogens is 226 g/mol. The van der Waals surface area contributed by atoms with Gasteiger partial charge in [0.25, 0.3) is 0 Å². The van der Waals surface area contributed by atoms with Crippen LogP contribution < -0.4 is 0 Å². The lowest BCUT2D eigenvalue weighted by molar-refractivity contribution is 0.278. The molecule has 0 saturated carbocycles. The van der Waals surface area contributed by atoms with Gasteiger partial charge in [-0.15, -0.1) is 0 Å². The first kappa shape index (κ1) is 13.2. The highest BCUT2D eigenvalue weighted by molar-refractivity contribution is 7.89. The highest BCUT2D eigenvalue weighted by Gasteiger charge is 2.24. The third kappa shape index (κ3) is 2.42. The highest BCUT2D eigenvalue weighted by atomic mass is 32.2. The van der Waals surface area contributed by atoms with Crippen LogP contribution >= 0.6 is 0 Å². The van der Waals surface area contributed by atoms with E-state index >= 15 is 0 Å². The van der Waals surface area contributed by atoms with Gasteiger partial charge in [0.05, 0.1) is 11.5 Å². The number of hydrogen-bond acceptors (Lipinski definition) is 3. The van der Waals surface area contributed by atoms with Crippen LogP contribution in [0.3, 0.4) is 0 Å². The van der Waals surface area contributed by atoms with E-state index in [0.717, 1.165) is 0 Å². The van der Waals surface area contributed by atoms with Crippen molar-refractivity contribution in [2.24, 2.45) is 0 Å². The fraction of sp³-hybridized carbons (Fsp3) is 0.455. The van der Waals surface area contributed by atoms with Crippen LogP contribution in [-0.4, -0.2) is 30.9 Å². The lowest BCUT2D eigenvalue weighted by Crippen LogP contribution is -2.33. The zero-order chi connectivity index (χ0) is 12.3. The summed E-state index contributed by atoms with van der Waals surface area (Å²) in [6.07, 6.45) is 0. The van der Waals surface area contributed by atoms with Crippen LogP contribution in [0.25, 0.3) is 0 Å². The van der Waals surface area contributed by atoms with Crippen LogP contribution in [0.5, 0.6) is 0 Å². The van der Waals surface area contributed by atoms with Crippen LogP contribution in [0.15, 0.2) is 29.2 Å². The zero-order valence-corrected chi connectivity index (χ0v) is 10.5. The summed E-state index contributed by atoms with van der Waals surface area (Å²) < 4.78 is 25.6. The normalized spacial score (nSPS) is 12.4. The van der Waals surface area contributed by atoms with Crippen molar-refractivity contribution >= 4 is 10.0 Å². The Bertz CT molecular complexity index is 454. The summed E-state index contributed by atoms with van der Waals surface area (Å²) in [6, 6.07) is 6.37. The van der Waals surface area contributed by atoms with Crippen molar-refractivity contribution in [3.8, 4) is 0 Å². The number of rotatable bonds is 4. The summed E-state index contributed by atoms with van der Waals surface area (Å²) in [5, 5.41) is 9.12. The van der Waals surface area contributed by atoms with Crippen molar-refractivity contribution in [3.63, 3.8) is 0 Å². The maximum absolute atomic E-state index is 12.2. The molecule has 0 heterocycles. The van der Waals surface area contributed by atoms with Crippen LogP contribution in [0, 0.1) is 0 Å². The maximum Gasteiger partial charge on any atom is 0.243 e. The minimum absolute atomic E-state index is 0.114. The van der Waals surface area contributed by atoms with E-state index in [0.29, 0.717) is 5.56 Å². The monoisotopic (exact) mass is 243 g/mol. The summed E-state index contributed by atoms with van der Waals surface area (Å²) in [6.45, 7) is 3.33. The number of benzene rings is 1. The predicted octanol–water partition coefficient (Wildman–Crippen LogP) is 1.21. The van der Waals surface area contributed by atoms with E-state index in [1.807, 2.05) is 0 Å². The molecule has 16 heavy (non-hydrogen) atoms. The standard InChI is InChI=1S/C11H17NO3S/c1-9(2)12(3)16(14,15)11-7-5-4-6-10(11)8-13/h4-7,9,13H,8H2,1-3H3. The first-order valence-corrected chi connectivity index (χ1v) is 6.52. The summed E-state index contributed by atoms with van der Waals surface area (Å²) in [5.74, 6) is 0. The quantitative estimate of drug-likeness (QED) is 0.864. The Balaban J connectivity index is 3.27. The zero-order valence-electron chi connectivity index (χ0n) is 9.71. The van der Waals surface area contributed by atoms with Crippen molar-refractivity contribution in [3.05, 3.63) is 29.8 Å². The number of nitrogens with zero attached hydrogens (tertiary/aromatic N) is 1. The minimum Gasteiger partial charge on any atom is -0.392 e. The van der Waals surface area contributed by atoms with Gasteiger partial charge in [-0.2, -0.15) is 4.31 Å². The second-order valence-electron chi connectivity index (χ2n) is 3.88. The Kier molecular flexibility index (Phi) is 4.07. The predicted molar refractivity (Wildman–Crippen MR) is 62.4 cm³/mol. The molecule has 1 N–H and O–H groups in total. The number of aliphatic hydroxyl groups excluding tert-OH is 1. The van der Waals surface area contributed by atoms with Crippen molar-refractivity contribution < 1.29 is 13.5 Å². The molecule has 0 aliphatic rings. The van der Waals surface area contributed by atoms with Crippen molar-refractivity contribution in [1.29, 1.82) is 0 Å². The molecule has 0 unspecified atom stereocenters. The fourth-order valence-electron chi connectivity index (χ4n) is 1.32. The average molecular weight is 243 g/mol. The fourth-order valence-corrected chi connectivity index (χ4v) is 2.90. The SMILES string of the molecule is CC(C)N(C)S(=O)(=O)c1ccccc1CO. The van der Waals surface area contributed by atoms with Crippen molar-refractivity contribution in [1.82, 2.24) is 4.31 Å². The Morgan fingerprint density at radius 2 is 1.88 bits per heavy atom. The van der Waals surface area contributed by atoms with Gasteiger partial charge < -0.3 is 5.11 Å². The van der Waals surface area contributed by atoms with Crippen molar-refractivity contribution in [2.45, 2.75) is 31.4 Å². The smallest absolute Gasteiger partial charge is 0.243 e. The lowest BCUT2D eigenvalue weighted by Gasteiger charge is -2.22. The molecule has 4 nitrogen and oxygen atoms in total. The molecule has 0 fully saturated rings. The molecule has 0 aliphatic carbocycles. The molecule has 0 aromatic heterocycles. The molecule has 1 aromatic rings. The van der Waals surface area contributed by atoms with Gasteiger partial charge in [0.15, 0.2) is 0 Å². The number of sulfonamides is 1. The molecule has 0 radical (unpaired) electrons. The Labute approximate surface area is 96.6 Å².